The molecule has 2 nitrogen and oxygen atoms in total. The summed E-state index contributed by atoms with van der Waals surface area (Å²) in [6.45, 7) is 4.05. The van der Waals surface area contributed by atoms with Crippen LogP contribution in [0, 0.1) is 19.9 Å². The van der Waals surface area contributed by atoms with Crippen molar-refractivity contribution in [3.05, 3.63) is 46.9 Å². The molecule has 111 valence electrons. The Balaban J connectivity index is 0.00000132. The Morgan fingerprint density at radius 1 is 1.05 bits per heavy atom. The first-order valence-corrected chi connectivity index (χ1v) is 7.58. The van der Waals surface area contributed by atoms with E-state index in [1.165, 1.54) is 31.2 Å². The molecule has 1 saturated carbocycles. The Morgan fingerprint density at radius 2 is 1.71 bits per heavy atom. The van der Waals surface area contributed by atoms with E-state index in [0.29, 0.717) is 0 Å². The van der Waals surface area contributed by atoms with Crippen LogP contribution in [-0.4, -0.2) is 9.97 Å². The van der Waals surface area contributed by atoms with E-state index in [0.717, 1.165) is 34.5 Å². The third kappa shape index (κ3) is 2.47. The van der Waals surface area contributed by atoms with E-state index in [9.17, 15) is 0 Å². The molecular formula is C18H19IrN2-. The number of fused-ring (bicyclic) bond motifs is 2. The summed E-state index contributed by atoms with van der Waals surface area (Å²) in [5.74, 6) is 1.52. The summed E-state index contributed by atoms with van der Waals surface area (Å²) in [4.78, 5) is 9.24. The van der Waals surface area contributed by atoms with Crippen molar-refractivity contribution in [2.75, 3.05) is 0 Å². The normalized spacial score (nSPS) is 22.6. The molecule has 2 aromatic heterocycles. The molecule has 3 aliphatic carbocycles. The zero-order valence-electron chi connectivity index (χ0n) is 12.4. The van der Waals surface area contributed by atoms with Crippen LogP contribution in [0.2, 0.25) is 0 Å². The first kappa shape index (κ1) is 14.9. The zero-order valence-corrected chi connectivity index (χ0v) is 14.8. The predicted octanol–water partition coefficient (Wildman–Crippen LogP) is 4.31. The molecule has 5 rings (SSSR count). The fourth-order valence-corrected chi connectivity index (χ4v) is 3.92. The van der Waals surface area contributed by atoms with Crippen molar-refractivity contribution in [3.63, 3.8) is 0 Å². The van der Waals surface area contributed by atoms with Crippen LogP contribution in [0.3, 0.4) is 0 Å². The molecule has 0 saturated heterocycles. The Hall–Kier alpha value is -1.05. The van der Waals surface area contributed by atoms with Gasteiger partial charge in [0, 0.05) is 26.3 Å². The van der Waals surface area contributed by atoms with Crippen LogP contribution in [0.5, 0.6) is 0 Å². The molecule has 0 aliphatic heterocycles. The standard InChI is InChI=1S/C18H19N2.Ir/c1-11-3-8-15(12(2)20-11)18-9-16-13-4-6-14(7-5-13)17(16)10-19-18;/h3,9-10,13-14H,4-7H2,1-2H3;/q-1;. The maximum absolute atomic E-state index is 4.70. The number of aromatic nitrogens is 2. The van der Waals surface area contributed by atoms with Crippen LogP contribution in [-0.2, 0) is 20.1 Å². The molecule has 0 amide bonds. The molecule has 3 aliphatic rings. The van der Waals surface area contributed by atoms with Crippen LogP contribution in [0.1, 0.15) is 60.0 Å². The van der Waals surface area contributed by atoms with Gasteiger partial charge in [-0.15, -0.1) is 17.7 Å². The van der Waals surface area contributed by atoms with Crippen LogP contribution >= 0.6 is 0 Å². The van der Waals surface area contributed by atoms with Crippen LogP contribution in [0.15, 0.2) is 18.3 Å². The molecule has 0 atom stereocenters. The Kier molecular flexibility index (Phi) is 3.98. The largest absolute Gasteiger partial charge is 0.354 e. The number of nitrogens with zero attached hydrogens (tertiary/aromatic N) is 2. The van der Waals surface area contributed by atoms with Gasteiger partial charge >= 0.3 is 0 Å². The van der Waals surface area contributed by atoms with Crippen LogP contribution < -0.4 is 0 Å². The molecular weight excluding hydrogens is 436 g/mol. The van der Waals surface area contributed by atoms with Gasteiger partial charge < -0.3 is 9.97 Å². The minimum atomic E-state index is 0. The van der Waals surface area contributed by atoms with E-state index in [1.54, 1.807) is 5.56 Å². The minimum Gasteiger partial charge on any atom is -0.354 e. The second-order valence-corrected chi connectivity index (χ2v) is 6.25. The molecule has 0 unspecified atom stereocenters. The summed E-state index contributed by atoms with van der Waals surface area (Å²) in [5, 5.41) is 0. The summed E-state index contributed by atoms with van der Waals surface area (Å²) in [7, 11) is 0. The quantitative estimate of drug-likeness (QED) is 0.599. The molecule has 0 N–H and O–H groups in total. The van der Waals surface area contributed by atoms with Crippen LogP contribution in [0.4, 0.5) is 0 Å². The third-order valence-corrected chi connectivity index (χ3v) is 4.96. The summed E-state index contributed by atoms with van der Waals surface area (Å²) in [6.07, 6.45) is 7.55. The Labute approximate surface area is 139 Å². The summed E-state index contributed by atoms with van der Waals surface area (Å²) in [5.41, 5.74) is 7.20. The van der Waals surface area contributed by atoms with Crippen LogP contribution in [0.25, 0.3) is 11.3 Å². The third-order valence-electron chi connectivity index (χ3n) is 4.96. The van der Waals surface area contributed by atoms with Crippen molar-refractivity contribution in [1.82, 2.24) is 9.97 Å². The van der Waals surface area contributed by atoms with E-state index in [4.69, 9.17) is 4.98 Å². The summed E-state index contributed by atoms with van der Waals surface area (Å²) < 4.78 is 0. The molecule has 2 aromatic rings. The van der Waals surface area contributed by atoms with Gasteiger partial charge in [0.1, 0.15) is 0 Å². The minimum absolute atomic E-state index is 0. The molecule has 1 fully saturated rings. The van der Waals surface area contributed by atoms with Gasteiger partial charge in [0.15, 0.2) is 0 Å². The van der Waals surface area contributed by atoms with Gasteiger partial charge in [-0.2, -0.15) is 0 Å². The molecule has 0 aromatic carbocycles. The molecule has 2 bridgehead atoms. The van der Waals surface area contributed by atoms with Gasteiger partial charge in [-0.05, 0) is 65.7 Å². The molecule has 3 heteroatoms. The fourth-order valence-electron chi connectivity index (χ4n) is 3.92. The van der Waals surface area contributed by atoms with Crippen molar-refractivity contribution in [3.8, 4) is 11.3 Å². The predicted molar refractivity (Wildman–Crippen MR) is 79.7 cm³/mol. The van der Waals surface area contributed by atoms with Gasteiger partial charge in [-0.25, -0.2) is 0 Å². The summed E-state index contributed by atoms with van der Waals surface area (Å²) in [6, 6.07) is 7.61. The Morgan fingerprint density at radius 3 is 2.38 bits per heavy atom. The van der Waals surface area contributed by atoms with E-state index in [-0.39, 0.29) is 20.1 Å². The van der Waals surface area contributed by atoms with Gasteiger partial charge in [0.05, 0.1) is 0 Å². The average Bonchev–Trinajstić information content (AvgIpc) is 2.48. The molecule has 2 heterocycles. The van der Waals surface area contributed by atoms with Gasteiger partial charge in [0.2, 0.25) is 0 Å². The Bertz CT molecular complexity index is 673. The smallest absolute Gasteiger partial charge is 0.0198 e. The van der Waals surface area contributed by atoms with Gasteiger partial charge in [-0.3, -0.25) is 0 Å². The molecule has 1 radical (unpaired) electrons. The number of pyridine rings is 2. The fraction of sp³-hybridized carbons (Fsp3) is 0.444. The summed E-state index contributed by atoms with van der Waals surface area (Å²) >= 11 is 0. The van der Waals surface area contributed by atoms with Crippen molar-refractivity contribution in [2.24, 2.45) is 0 Å². The molecule has 21 heavy (non-hydrogen) atoms. The first-order chi connectivity index (χ1) is 9.72. The first-order valence-electron chi connectivity index (χ1n) is 7.58. The second kappa shape index (κ2) is 5.62. The van der Waals surface area contributed by atoms with Crippen molar-refractivity contribution >= 4 is 0 Å². The zero-order chi connectivity index (χ0) is 13.7. The monoisotopic (exact) mass is 456 g/mol. The van der Waals surface area contributed by atoms with E-state index < -0.39 is 0 Å². The van der Waals surface area contributed by atoms with Crippen molar-refractivity contribution in [2.45, 2.75) is 51.4 Å². The number of hydrogen-bond donors (Lipinski definition) is 0. The molecule has 0 spiro atoms. The average molecular weight is 456 g/mol. The maximum Gasteiger partial charge on any atom is 0.0198 e. The van der Waals surface area contributed by atoms with Crippen molar-refractivity contribution in [1.29, 1.82) is 0 Å². The van der Waals surface area contributed by atoms with E-state index in [1.807, 2.05) is 19.9 Å². The second-order valence-electron chi connectivity index (χ2n) is 6.25. The number of rotatable bonds is 1. The van der Waals surface area contributed by atoms with Gasteiger partial charge in [-0.1, -0.05) is 19.9 Å². The van der Waals surface area contributed by atoms with Crippen molar-refractivity contribution < 1.29 is 20.1 Å². The van der Waals surface area contributed by atoms with E-state index >= 15 is 0 Å². The number of aryl methyl sites for hydroxylation is 2. The van der Waals surface area contributed by atoms with E-state index in [2.05, 4.69) is 23.3 Å². The van der Waals surface area contributed by atoms with Gasteiger partial charge in [0.25, 0.3) is 0 Å². The maximum atomic E-state index is 4.70. The topological polar surface area (TPSA) is 25.8 Å². The number of hydrogen-bond acceptors (Lipinski definition) is 2. The SMILES string of the molecule is Cc1c[c-]c(-c2cc3c(cn2)C2CCC3CC2)c(C)n1.[Ir].